The Labute approximate surface area is 135 Å². The molecule has 2 heteroatoms. The monoisotopic (exact) mass is 300 g/mol. The Balaban J connectivity index is 3.42. The highest BCUT2D eigenvalue weighted by Crippen LogP contribution is 1.99. The van der Waals surface area contributed by atoms with Crippen molar-refractivity contribution in [3.63, 3.8) is 0 Å². The molecule has 0 aliphatic carbocycles. The number of carboxylic acid groups (broad SMARTS) is 1. The number of hydrogen-bond acceptors (Lipinski definition) is 1. The van der Waals surface area contributed by atoms with E-state index >= 15 is 0 Å². The molecule has 0 fully saturated rings. The molecule has 0 spiro atoms. The van der Waals surface area contributed by atoms with Gasteiger partial charge in [-0.25, -0.2) is 0 Å². The third-order valence-corrected chi connectivity index (χ3v) is 2.94. The summed E-state index contributed by atoms with van der Waals surface area (Å²) in [5.41, 5.74) is 0. The first-order valence-corrected chi connectivity index (χ1v) is 8.02. The van der Waals surface area contributed by atoms with Crippen molar-refractivity contribution < 1.29 is 9.90 Å². The second-order valence-electron chi connectivity index (χ2n) is 4.98. The molecule has 0 heterocycles. The minimum absolute atomic E-state index is 0.253. The highest BCUT2D eigenvalue weighted by molar-refractivity contribution is 5.66. The predicted molar refractivity (Wildman–Crippen MR) is 94.6 cm³/mol. The van der Waals surface area contributed by atoms with Gasteiger partial charge >= 0.3 is 5.97 Å². The zero-order valence-corrected chi connectivity index (χ0v) is 13.4. The van der Waals surface area contributed by atoms with Gasteiger partial charge in [0, 0.05) is 12.8 Å². The Morgan fingerprint density at radius 3 is 1.73 bits per heavy atom. The average Bonchev–Trinajstić information content (AvgIpc) is 2.50. The van der Waals surface area contributed by atoms with Gasteiger partial charge in [0.05, 0.1) is 0 Å². The van der Waals surface area contributed by atoms with E-state index in [4.69, 9.17) is 11.5 Å². The molecule has 0 saturated carbocycles. The molecule has 0 atom stereocenters. The standard InChI is InChI=1S/C20H28O2/c1-2-3-4-5-6-7-8-9-10-11-12-13-14-15-16-17-18-19-20(21)22/h1,6-7,9-10,12-13,15-16H,3-5,8,11,14,17-19H2,(H,21,22)/b7-6+,10-9+,13-12+,16-15+. The molecule has 0 amide bonds. The molecule has 1 N–H and O–H groups in total. The lowest BCUT2D eigenvalue weighted by molar-refractivity contribution is -0.137. The molecular formula is C20H28O2. The molecule has 120 valence electrons. The van der Waals surface area contributed by atoms with Crippen LogP contribution in [-0.4, -0.2) is 11.1 Å². The van der Waals surface area contributed by atoms with Crippen LogP contribution in [0, 0.1) is 12.3 Å². The Hall–Kier alpha value is -2.01. The quantitative estimate of drug-likeness (QED) is 0.279. The first-order valence-electron chi connectivity index (χ1n) is 8.02. The van der Waals surface area contributed by atoms with E-state index in [9.17, 15) is 4.79 Å². The van der Waals surface area contributed by atoms with Gasteiger partial charge < -0.3 is 5.11 Å². The molecule has 0 saturated heterocycles. The normalized spacial score (nSPS) is 12.0. The van der Waals surface area contributed by atoms with E-state index in [0.29, 0.717) is 6.42 Å². The van der Waals surface area contributed by atoms with Gasteiger partial charge in [0.25, 0.3) is 0 Å². The Morgan fingerprint density at radius 1 is 0.818 bits per heavy atom. The molecule has 0 rings (SSSR count). The van der Waals surface area contributed by atoms with Crippen LogP contribution in [0.2, 0.25) is 0 Å². The summed E-state index contributed by atoms with van der Waals surface area (Å²) in [6.07, 6.45) is 30.0. The van der Waals surface area contributed by atoms with E-state index in [1.54, 1.807) is 0 Å². The highest BCUT2D eigenvalue weighted by atomic mass is 16.4. The summed E-state index contributed by atoms with van der Waals surface area (Å²) in [7, 11) is 0. The fraction of sp³-hybridized carbons (Fsp3) is 0.450. The van der Waals surface area contributed by atoms with Gasteiger partial charge in [0.1, 0.15) is 0 Å². The molecular weight excluding hydrogens is 272 g/mol. The summed E-state index contributed by atoms with van der Waals surface area (Å²) in [4.78, 5) is 10.3. The average molecular weight is 300 g/mol. The topological polar surface area (TPSA) is 37.3 Å². The lowest BCUT2D eigenvalue weighted by Gasteiger charge is -1.90. The van der Waals surface area contributed by atoms with E-state index < -0.39 is 5.97 Å². The number of rotatable bonds is 13. The summed E-state index contributed by atoms with van der Waals surface area (Å²) >= 11 is 0. The fourth-order valence-corrected chi connectivity index (χ4v) is 1.74. The van der Waals surface area contributed by atoms with E-state index in [-0.39, 0.29) is 6.42 Å². The minimum atomic E-state index is -0.720. The Kier molecular flexibility index (Phi) is 15.5. The van der Waals surface area contributed by atoms with Crippen molar-refractivity contribution in [1.82, 2.24) is 0 Å². The van der Waals surface area contributed by atoms with Gasteiger partial charge in [0.15, 0.2) is 0 Å². The number of aliphatic carboxylic acids is 1. The molecule has 22 heavy (non-hydrogen) atoms. The minimum Gasteiger partial charge on any atom is -0.481 e. The van der Waals surface area contributed by atoms with Crippen molar-refractivity contribution >= 4 is 5.97 Å². The van der Waals surface area contributed by atoms with Crippen LogP contribution in [-0.2, 0) is 4.79 Å². The van der Waals surface area contributed by atoms with Crippen LogP contribution in [0.15, 0.2) is 48.6 Å². The van der Waals surface area contributed by atoms with Gasteiger partial charge in [-0.15, -0.1) is 12.3 Å². The second kappa shape index (κ2) is 17.0. The summed E-state index contributed by atoms with van der Waals surface area (Å²) in [5, 5.41) is 8.49. The summed E-state index contributed by atoms with van der Waals surface area (Å²) in [5.74, 6) is 1.92. The third kappa shape index (κ3) is 18.0. The maximum atomic E-state index is 10.3. The Bertz CT molecular complexity index is 419. The van der Waals surface area contributed by atoms with E-state index in [0.717, 1.165) is 44.9 Å². The lowest BCUT2D eigenvalue weighted by atomic mass is 10.2. The molecule has 0 unspecified atom stereocenters. The molecule has 0 aromatic carbocycles. The maximum absolute atomic E-state index is 10.3. The van der Waals surface area contributed by atoms with E-state index in [2.05, 4.69) is 48.5 Å². The van der Waals surface area contributed by atoms with Gasteiger partial charge in [0.2, 0.25) is 0 Å². The third-order valence-electron chi connectivity index (χ3n) is 2.94. The van der Waals surface area contributed by atoms with Crippen LogP contribution in [0.25, 0.3) is 0 Å². The Morgan fingerprint density at radius 2 is 1.27 bits per heavy atom. The molecule has 0 aromatic heterocycles. The largest absolute Gasteiger partial charge is 0.481 e. The number of allylic oxidation sites excluding steroid dienone is 8. The first-order chi connectivity index (χ1) is 10.8. The van der Waals surface area contributed by atoms with Gasteiger partial charge in [-0.3, -0.25) is 4.79 Å². The van der Waals surface area contributed by atoms with Crippen molar-refractivity contribution in [3.05, 3.63) is 48.6 Å². The molecule has 0 radical (unpaired) electrons. The number of carboxylic acids is 1. The molecule has 0 aliphatic rings. The highest BCUT2D eigenvalue weighted by Gasteiger charge is 1.92. The van der Waals surface area contributed by atoms with Crippen molar-refractivity contribution in [2.75, 3.05) is 0 Å². The fourth-order valence-electron chi connectivity index (χ4n) is 1.74. The van der Waals surface area contributed by atoms with Crippen molar-refractivity contribution in [2.45, 2.75) is 57.8 Å². The molecule has 0 bridgehead atoms. The van der Waals surface area contributed by atoms with Crippen molar-refractivity contribution in [2.24, 2.45) is 0 Å². The van der Waals surface area contributed by atoms with Crippen LogP contribution < -0.4 is 0 Å². The summed E-state index contributed by atoms with van der Waals surface area (Å²) < 4.78 is 0. The van der Waals surface area contributed by atoms with E-state index in [1.165, 1.54) is 0 Å². The predicted octanol–water partition coefficient (Wildman–Crippen LogP) is 5.44. The van der Waals surface area contributed by atoms with Crippen LogP contribution in [0.3, 0.4) is 0 Å². The molecule has 0 aliphatic heterocycles. The van der Waals surface area contributed by atoms with Gasteiger partial charge in [-0.05, 0) is 44.9 Å². The maximum Gasteiger partial charge on any atom is 0.303 e. The number of terminal acetylenes is 1. The SMILES string of the molecule is C#CCCC/C=C/C/C=C/C/C=C/C/C=C/CCCC(=O)O. The number of carbonyl (C=O) groups is 1. The van der Waals surface area contributed by atoms with Crippen LogP contribution in [0.1, 0.15) is 57.8 Å². The second-order valence-corrected chi connectivity index (χ2v) is 4.98. The van der Waals surface area contributed by atoms with E-state index in [1.807, 2.05) is 6.08 Å². The lowest BCUT2D eigenvalue weighted by Crippen LogP contribution is -1.92. The number of unbranched alkanes of at least 4 members (excludes halogenated alkanes) is 3. The van der Waals surface area contributed by atoms with Crippen LogP contribution in [0.5, 0.6) is 0 Å². The zero-order chi connectivity index (χ0) is 16.3. The molecule has 0 aromatic rings. The van der Waals surface area contributed by atoms with Crippen molar-refractivity contribution in [3.8, 4) is 12.3 Å². The smallest absolute Gasteiger partial charge is 0.303 e. The molecule has 2 nitrogen and oxygen atoms in total. The summed E-state index contributed by atoms with van der Waals surface area (Å²) in [6, 6.07) is 0. The van der Waals surface area contributed by atoms with Gasteiger partial charge in [-0.2, -0.15) is 0 Å². The van der Waals surface area contributed by atoms with Crippen molar-refractivity contribution in [1.29, 1.82) is 0 Å². The van der Waals surface area contributed by atoms with Crippen LogP contribution in [0.4, 0.5) is 0 Å². The van der Waals surface area contributed by atoms with Gasteiger partial charge in [-0.1, -0.05) is 48.6 Å². The first kappa shape index (κ1) is 20.0. The number of hydrogen-bond donors (Lipinski definition) is 1. The summed E-state index contributed by atoms with van der Waals surface area (Å²) in [6.45, 7) is 0. The van der Waals surface area contributed by atoms with Crippen LogP contribution >= 0.6 is 0 Å². The zero-order valence-electron chi connectivity index (χ0n) is 13.4.